The van der Waals surface area contributed by atoms with Gasteiger partial charge in [-0.3, -0.25) is 0 Å². The molecule has 0 amide bonds. The molecule has 7 heteroatoms. The summed E-state index contributed by atoms with van der Waals surface area (Å²) in [6.45, 7) is -0.0834. The smallest absolute Gasteiger partial charge is 0.396 e. The Kier molecular flexibility index (Phi) is 3.91. The molecule has 3 nitrogen and oxygen atoms in total. The molecule has 1 aromatic heterocycles. The van der Waals surface area contributed by atoms with E-state index in [4.69, 9.17) is 16.7 Å². The van der Waals surface area contributed by atoms with Gasteiger partial charge >= 0.3 is 6.18 Å². The van der Waals surface area contributed by atoms with Gasteiger partial charge in [-0.05, 0) is 18.6 Å². The van der Waals surface area contributed by atoms with Gasteiger partial charge in [-0.15, -0.1) is 0 Å². The number of rotatable bonds is 3. The van der Waals surface area contributed by atoms with Crippen LogP contribution in [-0.4, -0.2) is 21.7 Å². The molecular formula is C12H10ClF3N2O. The minimum Gasteiger partial charge on any atom is -0.396 e. The van der Waals surface area contributed by atoms with Crippen molar-refractivity contribution >= 4 is 22.5 Å². The third kappa shape index (κ3) is 2.96. The summed E-state index contributed by atoms with van der Waals surface area (Å²) in [6.07, 6.45) is -3.85. The lowest BCUT2D eigenvalue weighted by Crippen LogP contribution is -2.08. The van der Waals surface area contributed by atoms with Crippen LogP contribution in [0.3, 0.4) is 0 Å². The first-order chi connectivity index (χ1) is 8.93. The van der Waals surface area contributed by atoms with Gasteiger partial charge in [0.05, 0.1) is 11.1 Å². The summed E-state index contributed by atoms with van der Waals surface area (Å²) < 4.78 is 38.7. The molecule has 0 unspecified atom stereocenters. The molecule has 1 heterocycles. The molecule has 0 radical (unpaired) electrons. The minimum atomic E-state index is -4.49. The third-order valence-electron chi connectivity index (χ3n) is 2.59. The monoisotopic (exact) mass is 290 g/mol. The Balaban J connectivity index is 2.62. The van der Waals surface area contributed by atoms with Crippen molar-refractivity contribution in [3.05, 3.63) is 34.7 Å². The maximum Gasteiger partial charge on any atom is 0.418 e. The van der Waals surface area contributed by atoms with E-state index in [1.54, 1.807) is 0 Å². The number of halogens is 4. The van der Waals surface area contributed by atoms with E-state index in [0.717, 1.165) is 6.07 Å². The molecule has 0 fully saturated rings. The molecule has 1 N–H and O–H groups in total. The van der Waals surface area contributed by atoms with Gasteiger partial charge in [0.15, 0.2) is 0 Å². The molecule has 1 aromatic carbocycles. The number of benzene rings is 1. The number of para-hydroxylation sites is 1. The van der Waals surface area contributed by atoms with Gasteiger partial charge in [0, 0.05) is 18.4 Å². The normalized spacial score (nSPS) is 12.1. The Morgan fingerprint density at radius 1 is 1.21 bits per heavy atom. The molecule has 2 rings (SSSR count). The summed E-state index contributed by atoms with van der Waals surface area (Å²) in [5, 5.41) is 8.89. The van der Waals surface area contributed by atoms with E-state index in [2.05, 4.69) is 9.97 Å². The fraction of sp³-hybridized carbons (Fsp3) is 0.333. The summed E-state index contributed by atoms with van der Waals surface area (Å²) in [7, 11) is 0. The molecule has 0 atom stereocenters. The zero-order chi connectivity index (χ0) is 14.0. The molecule has 2 aromatic rings. The standard InChI is InChI=1S/C12H10ClF3N2O/c13-11-7-3-1-4-8(12(14,15)16)10(7)17-9(18-11)5-2-6-19/h1,3-4,19H,2,5-6H2. The first-order valence-corrected chi connectivity index (χ1v) is 5.94. The Bertz CT molecular complexity index is 601. The molecule has 0 aliphatic rings. The number of hydrogen-bond acceptors (Lipinski definition) is 3. The Hall–Kier alpha value is -1.40. The predicted molar refractivity (Wildman–Crippen MR) is 65.0 cm³/mol. The van der Waals surface area contributed by atoms with Gasteiger partial charge < -0.3 is 5.11 Å². The zero-order valence-electron chi connectivity index (χ0n) is 9.71. The molecule has 0 saturated heterocycles. The van der Waals surface area contributed by atoms with Gasteiger partial charge in [0.25, 0.3) is 0 Å². The van der Waals surface area contributed by atoms with Crippen LogP contribution in [-0.2, 0) is 12.6 Å². The Morgan fingerprint density at radius 3 is 2.58 bits per heavy atom. The first kappa shape index (κ1) is 14.0. The zero-order valence-corrected chi connectivity index (χ0v) is 10.5. The molecule has 19 heavy (non-hydrogen) atoms. The number of aryl methyl sites for hydroxylation is 1. The summed E-state index contributed by atoms with van der Waals surface area (Å²) in [5.41, 5.74) is -1.04. The van der Waals surface area contributed by atoms with Crippen molar-refractivity contribution in [2.24, 2.45) is 0 Å². The molecule has 0 aliphatic carbocycles. The lowest BCUT2D eigenvalue weighted by atomic mass is 10.1. The number of alkyl halides is 3. The van der Waals surface area contributed by atoms with Crippen molar-refractivity contribution in [3.8, 4) is 0 Å². The van der Waals surface area contributed by atoms with Crippen LogP contribution < -0.4 is 0 Å². The summed E-state index contributed by atoms with van der Waals surface area (Å²) in [4.78, 5) is 7.85. The number of aliphatic hydroxyl groups is 1. The fourth-order valence-corrected chi connectivity index (χ4v) is 1.99. The van der Waals surface area contributed by atoms with Crippen molar-refractivity contribution in [1.29, 1.82) is 0 Å². The van der Waals surface area contributed by atoms with Crippen LogP contribution in [0.15, 0.2) is 18.2 Å². The maximum absolute atomic E-state index is 12.9. The van der Waals surface area contributed by atoms with Crippen LogP contribution in [0, 0.1) is 0 Å². The summed E-state index contributed by atoms with van der Waals surface area (Å²) in [6, 6.07) is 3.68. The van der Waals surface area contributed by atoms with E-state index in [1.165, 1.54) is 12.1 Å². The van der Waals surface area contributed by atoms with E-state index >= 15 is 0 Å². The Morgan fingerprint density at radius 2 is 1.95 bits per heavy atom. The highest BCUT2D eigenvalue weighted by Gasteiger charge is 2.33. The number of aliphatic hydroxyl groups excluding tert-OH is 1. The fourth-order valence-electron chi connectivity index (χ4n) is 1.74. The highest BCUT2D eigenvalue weighted by Crippen LogP contribution is 2.35. The van der Waals surface area contributed by atoms with Crippen LogP contribution in [0.25, 0.3) is 10.9 Å². The van der Waals surface area contributed by atoms with E-state index in [9.17, 15) is 13.2 Å². The number of aromatic nitrogens is 2. The van der Waals surface area contributed by atoms with E-state index in [1.807, 2.05) is 0 Å². The average Bonchev–Trinajstić information content (AvgIpc) is 2.34. The van der Waals surface area contributed by atoms with Crippen molar-refractivity contribution in [1.82, 2.24) is 9.97 Å². The maximum atomic E-state index is 12.9. The van der Waals surface area contributed by atoms with Gasteiger partial charge in [-0.25, -0.2) is 9.97 Å². The number of fused-ring (bicyclic) bond motifs is 1. The van der Waals surface area contributed by atoms with Crippen LogP contribution >= 0.6 is 11.6 Å². The van der Waals surface area contributed by atoms with E-state index in [-0.39, 0.29) is 34.9 Å². The molecule has 0 saturated carbocycles. The second-order valence-electron chi connectivity index (χ2n) is 3.96. The first-order valence-electron chi connectivity index (χ1n) is 5.56. The summed E-state index contributed by atoms with van der Waals surface area (Å²) in [5.74, 6) is 0.197. The minimum absolute atomic E-state index is 0.0101. The molecule has 0 aliphatic heterocycles. The molecule has 0 spiro atoms. The van der Waals surface area contributed by atoms with E-state index < -0.39 is 11.7 Å². The van der Waals surface area contributed by atoms with Crippen molar-refractivity contribution < 1.29 is 18.3 Å². The highest BCUT2D eigenvalue weighted by atomic mass is 35.5. The van der Waals surface area contributed by atoms with E-state index in [0.29, 0.717) is 6.42 Å². The second-order valence-corrected chi connectivity index (χ2v) is 4.32. The largest absolute Gasteiger partial charge is 0.418 e. The van der Waals surface area contributed by atoms with Crippen LogP contribution in [0.2, 0.25) is 5.15 Å². The van der Waals surface area contributed by atoms with Crippen LogP contribution in [0.1, 0.15) is 17.8 Å². The predicted octanol–water partition coefficient (Wildman–Crippen LogP) is 3.23. The SMILES string of the molecule is OCCCc1nc(Cl)c2cccc(C(F)(F)F)c2n1. The van der Waals surface area contributed by atoms with Crippen LogP contribution in [0.5, 0.6) is 0 Å². The third-order valence-corrected chi connectivity index (χ3v) is 2.88. The number of nitrogens with zero attached hydrogens (tertiary/aromatic N) is 2. The van der Waals surface area contributed by atoms with Crippen molar-refractivity contribution in [3.63, 3.8) is 0 Å². The quantitative estimate of drug-likeness (QED) is 0.883. The molecule has 102 valence electrons. The van der Waals surface area contributed by atoms with Crippen LogP contribution in [0.4, 0.5) is 13.2 Å². The lowest BCUT2D eigenvalue weighted by Gasteiger charge is -2.11. The summed E-state index contributed by atoms with van der Waals surface area (Å²) >= 11 is 5.88. The second kappa shape index (κ2) is 5.30. The van der Waals surface area contributed by atoms with Crippen molar-refractivity contribution in [2.45, 2.75) is 19.0 Å². The lowest BCUT2D eigenvalue weighted by molar-refractivity contribution is -0.136. The topological polar surface area (TPSA) is 46.0 Å². The van der Waals surface area contributed by atoms with Gasteiger partial charge in [-0.2, -0.15) is 13.2 Å². The average molecular weight is 291 g/mol. The van der Waals surface area contributed by atoms with Gasteiger partial charge in [0.1, 0.15) is 11.0 Å². The molecule has 0 bridgehead atoms. The van der Waals surface area contributed by atoms with Crippen molar-refractivity contribution in [2.75, 3.05) is 6.61 Å². The molecular weight excluding hydrogens is 281 g/mol. The van der Waals surface area contributed by atoms with Gasteiger partial charge in [-0.1, -0.05) is 17.7 Å². The Labute approximate surface area is 112 Å². The highest BCUT2D eigenvalue weighted by molar-refractivity contribution is 6.34. The number of hydrogen-bond donors (Lipinski definition) is 1. The van der Waals surface area contributed by atoms with Gasteiger partial charge in [0.2, 0.25) is 0 Å².